The van der Waals surface area contributed by atoms with E-state index in [9.17, 15) is 18.0 Å². The first-order valence-corrected chi connectivity index (χ1v) is 10.7. The van der Waals surface area contributed by atoms with Gasteiger partial charge in [0.15, 0.2) is 5.82 Å². The summed E-state index contributed by atoms with van der Waals surface area (Å²) >= 11 is 0. The number of hydrogen-bond donors (Lipinski definition) is 2. The van der Waals surface area contributed by atoms with Crippen molar-refractivity contribution in [2.75, 3.05) is 32.0 Å². The van der Waals surface area contributed by atoms with Gasteiger partial charge in [0.05, 0.1) is 18.8 Å². The van der Waals surface area contributed by atoms with Crippen LogP contribution in [-0.2, 0) is 17.5 Å². The average Bonchev–Trinajstić information content (AvgIpc) is 2.80. The molecule has 2 aliphatic rings. The minimum absolute atomic E-state index is 0.00711. The molecular weight excluding hydrogens is 451 g/mol. The molecule has 4 rings (SSSR count). The van der Waals surface area contributed by atoms with Crippen molar-refractivity contribution >= 4 is 17.3 Å². The number of nitrogens with zero attached hydrogens (tertiary/aromatic N) is 3. The Morgan fingerprint density at radius 1 is 1.21 bits per heavy atom. The number of nitrogens with two attached hydrogens (primary N) is 2. The molecule has 180 valence electrons. The molecule has 2 heterocycles. The Labute approximate surface area is 194 Å². The number of allylic oxidation sites excluding steroid dienone is 2. The van der Waals surface area contributed by atoms with E-state index in [1.54, 1.807) is 12.2 Å². The highest BCUT2D eigenvalue weighted by Gasteiger charge is 2.31. The monoisotopic (exact) mass is 475 g/mol. The van der Waals surface area contributed by atoms with Crippen molar-refractivity contribution in [3.8, 4) is 5.75 Å². The van der Waals surface area contributed by atoms with Crippen LogP contribution in [0.2, 0.25) is 0 Å². The summed E-state index contributed by atoms with van der Waals surface area (Å²) in [6.45, 7) is 2.68. The van der Waals surface area contributed by atoms with Crippen molar-refractivity contribution < 1.29 is 27.4 Å². The molecule has 11 heteroatoms. The van der Waals surface area contributed by atoms with Gasteiger partial charge in [0, 0.05) is 43.3 Å². The summed E-state index contributed by atoms with van der Waals surface area (Å²) in [6.07, 6.45) is 0.883. The predicted octanol–water partition coefficient (Wildman–Crippen LogP) is 2.80. The molecule has 4 N–H and O–H groups in total. The van der Waals surface area contributed by atoms with E-state index >= 15 is 0 Å². The third-order valence-electron chi connectivity index (χ3n) is 5.48. The van der Waals surface area contributed by atoms with Crippen LogP contribution in [0.25, 0.3) is 5.57 Å². The zero-order valence-electron chi connectivity index (χ0n) is 18.2. The third kappa shape index (κ3) is 5.72. The largest absolute Gasteiger partial charge is 0.486 e. The van der Waals surface area contributed by atoms with E-state index in [2.05, 4.69) is 9.97 Å². The zero-order valence-corrected chi connectivity index (χ0v) is 18.2. The molecule has 0 radical (unpaired) electrons. The van der Waals surface area contributed by atoms with Crippen molar-refractivity contribution in [1.29, 1.82) is 0 Å². The number of benzene rings is 1. The van der Waals surface area contributed by atoms with Crippen LogP contribution < -0.4 is 16.2 Å². The first kappa shape index (κ1) is 23.7. The smallest absolute Gasteiger partial charge is 0.416 e. The van der Waals surface area contributed by atoms with Crippen molar-refractivity contribution in [3.05, 3.63) is 65.1 Å². The standard InChI is InChI=1S/C23H24F3N5O3/c24-23(25,26)16-3-6-19(15(11-16)13-31-7-9-33-10-8-31)34-17-4-1-14(2-5-17)22-29-18(21(28)32)12-20(27)30-22/h1-4,6,11-12,17H,5,7-10,13H2,(H2,28,32)(H2,27,29,30). The minimum atomic E-state index is -4.44. The molecular formula is C23H24F3N5O3. The van der Waals surface area contributed by atoms with Gasteiger partial charge >= 0.3 is 6.18 Å². The number of alkyl halides is 3. The topological polar surface area (TPSA) is 117 Å². The van der Waals surface area contributed by atoms with E-state index in [1.807, 2.05) is 11.0 Å². The number of rotatable bonds is 6. The third-order valence-corrected chi connectivity index (χ3v) is 5.48. The quantitative estimate of drug-likeness (QED) is 0.660. The number of morpholine rings is 1. The minimum Gasteiger partial charge on any atom is -0.486 e. The molecule has 1 amide bonds. The van der Waals surface area contributed by atoms with Crippen molar-refractivity contribution in [2.45, 2.75) is 25.2 Å². The molecule has 34 heavy (non-hydrogen) atoms. The molecule has 1 aromatic carbocycles. The molecule has 1 saturated heterocycles. The van der Waals surface area contributed by atoms with Crippen LogP contribution in [0.3, 0.4) is 0 Å². The zero-order chi connectivity index (χ0) is 24.3. The second kappa shape index (κ2) is 9.82. The first-order chi connectivity index (χ1) is 16.2. The molecule has 0 spiro atoms. The molecule has 1 fully saturated rings. The van der Waals surface area contributed by atoms with E-state index in [4.69, 9.17) is 20.9 Å². The van der Waals surface area contributed by atoms with Crippen LogP contribution >= 0.6 is 0 Å². The second-order valence-electron chi connectivity index (χ2n) is 7.99. The number of ether oxygens (including phenoxy) is 2. The Hall–Kier alpha value is -3.44. The van der Waals surface area contributed by atoms with Crippen molar-refractivity contribution in [2.24, 2.45) is 5.73 Å². The number of nitrogen functional groups attached to an aromatic ring is 1. The van der Waals surface area contributed by atoms with Crippen LogP contribution in [0.1, 0.15) is 33.9 Å². The fourth-order valence-corrected chi connectivity index (χ4v) is 3.73. The van der Waals surface area contributed by atoms with Crippen LogP contribution in [-0.4, -0.2) is 53.2 Å². The van der Waals surface area contributed by atoms with Crippen molar-refractivity contribution in [1.82, 2.24) is 14.9 Å². The number of primary amides is 1. The maximum absolute atomic E-state index is 13.3. The summed E-state index contributed by atoms with van der Waals surface area (Å²) in [7, 11) is 0. The Morgan fingerprint density at radius 2 is 1.97 bits per heavy atom. The molecule has 1 aliphatic heterocycles. The van der Waals surface area contributed by atoms with Crippen LogP contribution in [0, 0.1) is 0 Å². The van der Waals surface area contributed by atoms with Gasteiger partial charge in [-0.25, -0.2) is 9.97 Å². The van der Waals surface area contributed by atoms with Gasteiger partial charge < -0.3 is 20.9 Å². The van der Waals surface area contributed by atoms with E-state index in [-0.39, 0.29) is 17.3 Å². The Bertz CT molecular complexity index is 1130. The maximum atomic E-state index is 13.3. The lowest BCUT2D eigenvalue weighted by Crippen LogP contribution is -2.35. The maximum Gasteiger partial charge on any atom is 0.416 e. The number of carbonyl (C=O) groups excluding carboxylic acids is 1. The Kier molecular flexibility index (Phi) is 6.85. The first-order valence-electron chi connectivity index (χ1n) is 10.7. The molecule has 0 saturated carbocycles. The molecule has 1 unspecified atom stereocenters. The van der Waals surface area contributed by atoms with Crippen molar-refractivity contribution in [3.63, 3.8) is 0 Å². The number of aromatic nitrogens is 2. The van der Waals surface area contributed by atoms with Crippen LogP contribution in [0.5, 0.6) is 5.75 Å². The van der Waals surface area contributed by atoms with E-state index in [1.165, 1.54) is 12.1 Å². The van der Waals surface area contributed by atoms with Crippen LogP contribution in [0.4, 0.5) is 19.0 Å². The fourth-order valence-electron chi connectivity index (χ4n) is 3.73. The summed E-state index contributed by atoms with van der Waals surface area (Å²) in [6, 6.07) is 4.83. The summed E-state index contributed by atoms with van der Waals surface area (Å²) in [4.78, 5) is 21.7. The molecule has 8 nitrogen and oxygen atoms in total. The number of hydrogen-bond acceptors (Lipinski definition) is 7. The SMILES string of the molecule is NC(=O)c1cc(N)nc(C2=CCC(Oc3ccc(C(F)(F)F)cc3CN3CCOCC3)C=C2)n1. The number of amides is 1. The normalized spacial score (nSPS) is 19.0. The second-order valence-corrected chi connectivity index (χ2v) is 7.99. The summed E-state index contributed by atoms with van der Waals surface area (Å²) in [5.74, 6) is 0.0456. The molecule has 1 atom stereocenters. The van der Waals surface area contributed by atoms with E-state index in [0.717, 1.165) is 12.1 Å². The van der Waals surface area contributed by atoms with Gasteiger partial charge in [0.2, 0.25) is 0 Å². The fraction of sp³-hybridized carbons (Fsp3) is 0.348. The summed E-state index contributed by atoms with van der Waals surface area (Å²) in [5.41, 5.74) is 11.4. The van der Waals surface area contributed by atoms with E-state index < -0.39 is 23.8 Å². The van der Waals surface area contributed by atoms with Gasteiger partial charge in [0.1, 0.15) is 23.4 Å². The van der Waals surface area contributed by atoms with Gasteiger partial charge in [0.25, 0.3) is 5.91 Å². The molecule has 1 aromatic heterocycles. The lowest BCUT2D eigenvalue weighted by Gasteiger charge is -2.28. The number of anilines is 1. The Morgan fingerprint density at radius 3 is 2.62 bits per heavy atom. The van der Waals surface area contributed by atoms with Gasteiger partial charge in [-0.05, 0) is 24.3 Å². The van der Waals surface area contributed by atoms with Crippen LogP contribution in [0.15, 0.2) is 42.5 Å². The highest BCUT2D eigenvalue weighted by molar-refractivity contribution is 5.92. The lowest BCUT2D eigenvalue weighted by atomic mass is 10.0. The predicted molar refractivity (Wildman–Crippen MR) is 119 cm³/mol. The summed E-state index contributed by atoms with van der Waals surface area (Å²) < 4.78 is 51.3. The van der Waals surface area contributed by atoms with E-state index in [0.29, 0.717) is 56.2 Å². The van der Waals surface area contributed by atoms with Gasteiger partial charge in [-0.1, -0.05) is 12.2 Å². The highest BCUT2D eigenvalue weighted by Crippen LogP contribution is 2.34. The van der Waals surface area contributed by atoms with Gasteiger partial charge in [-0.2, -0.15) is 13.2 Å². The summed E-state index contributed by atoms with van der Waals surface area (Å²) in [5, 5.41) is 0. The van der Waals surface area contributed by atoms with Gasteiger partial charge in [-0.15, -0.1) is 0 Å². The average molecular weight is 475 g/mol. The number of halogens is 3. The highest BCUT2D eigenvalue weighted by atomic mass is 19.4. The Balaban J connectivity index is 1.51. The molecule has 0 bridgehead atoms. The molecule has 1 aliphatic carbocycles. The van der Waals surface area contributed by atoms with Gasteiger partial charge in [-0.3, -0.25) is 9.69 Å². The number of carbonyl (C=O) groups is 1. The molecule has 2 aromatic rings. The lowest BCUT2D eigenvalue weighted by molar-refractivity contribution is -0.137.